The van der Waals surface area contributed by atoms with Crippen LogP contribution in [0.3, 0.4) is 0 Å². The zero-order chi connectivity index (χ0) is 27.5. The van der Waals surface area contributed by atoms with Crippen molar-refractivity contribution in [3.05, 3.63) is 65.7 Å². The minimum absolute atomic E-state index is 0.0270. The van der Waals surface area contributed by atoms with E-state index in [-0.39, 0.29) is 43.9 Å². The first-order valence-corrected chi connectivity index (χ1v) is 12.4. The van der Waals surface area contributed by atoms with Gasteiger partial charge in [0, 0.05) is 5.92 Å². The molecule has 10 nitrogen and oxygen atoms in total. The zero-order valence-corrected chi connectivity index (χ0v) is 21.1. The molecule has 0 saturated heterocycles. The molecular weight excluding hydrogens is 494 g/mol. The van der Waals surface area contributed by atoms with Gasteiger partial charge in [0.2, 0.25) is 0 Å². The van der Waals surface area contributed by atoms with Gasteiger partial charge in [0.05, 0.1) is 25.0 Å². The molecule has 1 aliphatic carbocycles. The van der Waals surface area contributed by atoms with Gasteiger partial charge in [0.1, 0.15) is 18.3 Å². The SMILES string of the molecule is CCOC(=O)C1(C(=O)OCC)[C@H](C=O)CC[C@@H](O)[C@@]12C(=O)N(C(=O)OCc1ccccc1)c1ccccc12. The number of nitrogens with zero attached hydrogens (tertiary/aromatic N) is 1. The van der Waals surface area contributed by atoms with Crippen LogP contribution in [0.25, 0.3) is 0 Å². The summed E-state index contributed by atoms with van der Waals surface area (Å²) in [6.45, 7) is 2.53. The van der Waals surface area contributed by atoms with Crippen molar-refractivity contribution in [2.24, 2.45) is 11.3 Å². The fourth-order valence-electron chi connectivity index (χ4n) is 5.76. The van der Waals surface area contributed by atoms with Crippen LogP contribution in [0.2, 0.25) is 0 Å². The number of anilines is 1. The summed E-state index contributed by atoms with van der Waals surface area (Å²) in [4.78, 5) is 68.5. The number of aliphatic hydroxyl groups excluding tert-OH is 1. The van der Waals surface area contributed by atoms with Gasteiger partial charge in [0.25, 0.3) is 5.91 Å². The highest BCUT2D eigenvalue weighted by Gasteiger charge is 2.79. The van der Waals surface area contributed by atoms with E-state index < -0.39 is 46.8 Å². The minimum Gasteiger partial charge on any atom is -0.465 e. The number of carbonyl (C=O) groups excluding carboxylic acids is 5. The smallest absolute Gasteiger partial charge is 0.421 e. The number of aldehydes is 1. The topological polar surface area (TPSA) is 137 Å². The number of fused-ring (bicyclic) bond motifs is 2. The quantitative estimate of drug-likeness (QED) is 0.251. The Morgan fingerprint density at radius 2 is 1.55 bits per heavy atom. The molecule has 2 aromatic carbocycles. The monoisotopic (exact) mass is 523 g/mol. The molecule has 2 aliphatic rings. The lowest BCUT2D eigenvalue weighted by Gasteiger charge is -2.51. The molecule has 1 aliphatic heterocycles. The van der Waals surface area contributed by atoms with Crippen LogP contribution in [0.15, 0.2) is 54.6 Å². The maximum Gasteiger partial charge on any atom is 0.421 e. The second-order valence-corrected chi connectivity index (χ2v) is 9.09. The van der Waals surface area contributed by atoms with E-state index in [0.717, 1.165) is 0 Å². The van der Waals surface area contributed by atoms with E-state index in [1.807, 2.05) is 0 Å². The number of rotatable bonds is 7. The first-order valence-electron chi connectivity index (χ1n) is 12.4. The van der Waals surface area contributed by atoms with Crippen molar-refractivity contribution in [3.8, 4) is 0 Å². The van der Waals surface area contributed by atoms with Gasteiger partial charge in [-0.15, -0.1) is 0 Å². The Kier molecular flexibility index (Phi) is 7.63. The Bertz CT molecular complexity index is 1230. The number of hydrogen-bond donors (Lipinski definition) is 1. The van der Waals surface area contributed by atoms with Crippen molar-refractivity contribution < 1.29 is 43.3 Å². The summed E-state index contributed by atoms with van der Waals surface area (Å²) in [5, 5.41) is 11.5. The van der Waals surface area contributed by atoms with Crippen molar-refractivity contribution in [2.45, 2.75) is 44.8 Å². The number of esters is 2. The predicted molar refractivity (Wildman–Crippen MR) is 133 cm³/mol. The Hall–Kier alpha value is -4.05. The number of para-hydroxylation sites is 1. The summed E-state index contributed by atoms with van der Waals surface area (Å²) in [7, 11) is 0. The second-order valence-electron chi connectivity index (χ2n) is 9.09. The third kappa shape index (κ3) is 3.78. The van der Waals surface area contributed by atoms with Crippen LogP contribution in [-0.4, -0.2) is 54.6 Å². The summed E-state index contributed by atoms with van der Waals surface area (Å²) in [6, 6.07) is 14.8. The van der Waals surface area contributed by atoms with Crippen LogP contribution < -0.4 is 4.90 Å². The molecular formula is C28H29NO9. The standard InChI is InChI=1S/C28H29NO9/c1-3-36-24(33)27(25(34)37-4-2)19(16-30)14-15-22(31)28(27)20-12-8-9-13-21(20)29(23(28)32)26(35)38-17-18-10-6-5-7-11-18/h5-13,16,19,22,31H,3-4,14-15,17H2,1-2H3/t19-,22+,28-/m0/s1. The highest BCUT2D eigenvalue weighted by molar-refractivity contribution is 6.26. The van der Waals surface area contributed by atoms with Crippen molar-refractivity contribution in [1.82, 2.24) is 0 Å². The Morgan fingerprint density at radius 1 is 0.947 bits per heavy atom. The van der Waals surface area contributed by atoms with E-state index in [1.54, 1.807) is 42.5 Å². The third-order valence-corrected chi connectivity index (χ3v) is 7.29. The summed E-state index contributed by atoms with van der Waals surface area (Å²) >= 11 is 0. The van der Waals surface area contributed by atoms with Gasteiger partial charge >= 0.3 is 18.0 Å². The van der Waals surface area contributed by atoms with E-state index in [4.69, 9.17) is 14.2 Å². The number of carbonyl (C=O) groups is 5. The lowest BCUT2D eigenvalue weighted by molar-refractivity contribution is -0.198. The second kappa shape index (κ2) is 10.7. The number of ether oxygens (including phenoxy) is 3. The van der Waals surface area contributed by atoms with Crippen molar-refractivity contribution in [2.75, 3.05) is 18.1 Å². The van der Waals surface area contributed by atoms with Gasteiger partial charge < -0.3 is 24.1 Å². The third-order valence-electron chi connectivity index (χ3n) is 7.29. The van der Waals surface area contributed by atoms with Crippen LogP contribution in [0.4, 0.5) is 10.5 Å². The van der Waals surface area contributed by atoms with E-state index >= 15 is 0 Å². The van der Waals surface area contributed by atoms with Crippen LogP contribution in [0.1, 0.15) is 37.8 Å². The van der Waals surface area contributed by atoms with Gasteiger partial charge in [-0.2, -0.15) is 0 Å². The maximum absolute atomic E-state index is 14.4. The largest absolute Gasteiger partial charge is 0.465 e. The Labute approximate surface area is 219 Å². The van der Waals surface area contributed by atoms with E-state index in [1.165, 1.54) is 26.0 Å². The molecule has 10 heteroatoms. The number of imide groups is 1. The molecule has 0 unspecified atom stereocenters. The van der Waals surface area contributed by atoms with E-state index in [0.29, 0.717) is 16.7 Å². The lowest BCUT2D eigenvalue weighted by atomic mass is 9.48. The van der Waals surface area contributed by atoms with Crippen LogP contribution in [0, 0.1) is 11.3 Å². The highest BCUT2D eigenvalue weighted by atomic mass is 16.6. The first-order chi connectivity index (χ1) is 18.3. The lowest BCUT2D eigenvalue weighted by Crippen LogP contribution is -2.71. The maximum atomic E-state index is 14.4. The molecule has 1 N–H and O–H groups in total. The zero-order valence-electron chi connectivity index (χ0n) is 21.1. The number of hydrogen-bond acceptors (Lipinski definition) is 9. The molecule has 0 aromatic heterocycles. The van der Waals surface area contributed by atoms with Crippen molar-refractivity contribution in [1.29, 1.82) is 0 Å². The van der Waals surface area contributed by atoms with Gasteiger partial charge in [-0.25, -0.2) is 9.69 Å². The Morgan fingerprint density at radius 3 is 2.16 bits per heavy atom. The van der Waals surface area contributed by atoms with Gasteiger partial charge in [-0.05, 0) is 43.9 Å². The summed E-state index contributed by atoms with van der Waals surface area (Å²) in [5.41, 5.74) is -4.24. The average Bonchev–Trinajstić information content (AvgIpc) is 3.18. The molecule has 1 saturated carbocycles. The summed E-state index contributed by atoms with van der Waals surface area (Å²) < 4.78 is 16.0. The molecule has 4 rings (SSSR count). The average molecular weight is 524 g/mol. The molecule has 1 fully saturated rings. The predicted octanol–water partition coefficient (Wildman–Crippen LogP) is 2.69. The minimum atomic E-state index is -2.58. The normalized spacial score (nSPS) is 23.4. The number of amides is 2. The van der Waals surface area contributed by atoms with Crippen LogP contribution >= 0.6 is 0 Å². The molecule has 1 heterocycles. The molecule has 0 radical (unpaired) electrons. The van der Waals surface area contributed by atoms with Gasteiger partial charge in [0.15, 0.2) is 5.41 Å². The van der Waals surface area contributed by atoms with E-state index in [2.05, 4.69) is 0 Å². The van der Waals surface area contributed by atoms with Crippen LogP contribution in [0.5, 0.6) is 0 Å². The van der Waals surface area contributed by atoms with Crippen molar-refractivity contribution >= 4 is 35.9 Å². The van der Waals surface area contributed by atoms with Gasteiger partial charge in [-0.1, -0.05) is 48.5 Å². The molecule has 1 spiro atoms. The fraction of sp³-hybridized carbons (Fsp3) is 0.393. The highest BCUT2D eigenvalue weighted by Crippen LogP contribution is 2.61. The van der Waals surface area contributed by atoms with Crippen LogP contribution in [-0.2, 0) is 45.4 Å². The fourth-order valence-corrected chi connectivity index (χ4v) is 5.76. The number of benzene rings is 2. The summed E-state index contributed by atoms with van der Waals surface area (Å²) in [5.74, 6) is -4.81. The van der Waals surface area contributed by atoms with Gasteiger partial charge in [-0.3, -0.25) is 14.4 Å². The molecule has 2 aromatic rings. The summed E-state index contributed by atoms with van der Waals surface area (Å²) in [6.07, 6.45) is -2.47. The molecule has 2 amide bonds. The molecule has 3 atom stereocenters. The molecule has 38 heavy (non-hydrogen) atoms. The Balaban J connectivity index is 1.94. The molecule has 0 bridgehead atoms. The van der Waals surface area contributed by atoms with Crippen molar-refractivity contribution in [3.63, 3.8) is 0 Å². The number of aliphatic hydroxyl groups is 1. The van der Waals surface area contributed by atoms with E-state index in [9.17, 15) is 29.1 Å². The first kappa shape index (κ1) is 27.0. The molecule has 200 valence electrons.